The van der Waals surface area contributed by atoms with Gasteiger partial charge in [-0.05, 0) is 44.1 Å². The summed E-state index contributed by atoms with van der Waals surface area (Å²) >= 11 is 1.60. The second kappa shape index (κ2) is 5.12. The molecule has 3 unspecified atom stereocenters. The van der Waals surface area contributed by atoms with Crippen LogP contribution in [0.3, 0.4) is 0 Å². The van der Waals surface area contributed by atoms with Crippen LogP contribution in [0.15, 0.2) is 16.3 Å². The molecule has 2 aliphatic carbocycles. The van der Waals surface area contributed by atoms with Gasteiger partial charge in [0.1, 0.15) is 17.0 Å². The number of hydrogen-bond acceptors (Lipinski definition) is 5. The molecular weight excluding hydrogens is 256 g/mol. The third-order valence-corrected chi connectivity index (χ3v) is 5.34. The first kappa shape index (κ1) is 12.9. The normalized spacial score (nSPS) is 28.6. The van der Waals surface area contributed by atoms with Crippen molar-refractivity contribution in [2.24, 2.45) is 16.8 Å². The fourth-order valence-corrected chi connectivity index (χ4v) is 4.24. The molecule has 4 nitrogen and oxygen atoms in total. The maximum Gasteiger partial charge on any atom is 0.159 e. The summed E-state index contributed by atoms with van der Waals surface area (Å²) in [6.07, 6.45) is 9.14. The van der Waals surface area contributed by atoms with Gasteiger partial charge in [0, 0.05) is 13.1 Å². The SMILES string of the molecule is C=Nc1c(SC)ncnc1N(C)C1CC2CCC1C2. The van der Waals surface area contributed by atoms with E-state index < -0.39 is 0 Å². The van der Waals surface area contributed by atoms with Gasteiger partial charge in [-0.3, -0.25) is 4.99 Å². The van der Waals surface area contributed by atoms with Crippen molar-refractivity contribution < 1.29 is 0 Å². The topological polar surface area (TPSA) is 41.4 Å². The summed E-state index contributed by atoms with van der Waals surface area (Å²) in [4.78, 5) is 15.2. The first-order valence-corrected chi connectivity index (χ1v) is 8.05. The Hall–Kier alpha value is -1.10. The van der Waals surface area contributed by atoms with E-state index in [1.807, 2.05) is 6.26 Å². The van der Waals surface area contributed by atoms with Gasteiger partial charge in [0.25, 0.3) is 0 Å². The number of fused-ring (bicyclic) bond motifs is 2. The summed E-state index contributed by atoms with van der Waals surface area (Å²) in [6.45, 7) is 3.69. The number of aliphatic imine (C=N–C) groups is 1. The monoisotopic (exact) mass is 276 g/mol. The van der Waals surface area contributed by atoms with Crippen LogP contribution in [0.2, 0.25) is 0 Å². The van der Waals surface area contributed by atoms with Crippen LogP contribution in [0.1, 0.15) is 25.7 Å². The van der Waals surface area contributed by atoms with Gasteiger partial charge in [0.05, 0.1) is 0 Å². The molecule has 1 aromatic heterocycles. The number of nitrogens with zero attached hydrogens (tertiary/aromatic N) is 4. The molecule has 0 saturated heterocycles. The van der Waals surface area contributed by atoms with Crippen molar-refractivity contribution in [2.75, 3.05) is 18.2 Å². The maximum absolute atomic E-state index is 4.45. The number of aromatic nitrogens is 2. The Balaban J connectivity index is 1.91. The number of rotatable bonds is 4. The van der Waals surface area contributed by atoms with E-state index in [2.05, 4.69) is 33.6 Å². The average Bonchev–Trinajstić information content (AvgIpc) is 3.08. The molecule has 102 valence electrons. The van der Waals surface area contributed by atoms with E-state index >= 15 is 0 Å². The van der Waals surface area contributed by atoms with Crippen molar-refractivity contribution in [3.05, 3.63) is 6.33 Å². The minimum absolute atomic E-state index is 0.615. The van der Waals surface area contributed by atoms with Crippen LogP contribution < -0.4 is 4.90 Å². The van der Waals surface area contributed by atoms with Gasteiger partial charge in [0.15, 0.2) is 5.82 Å². The van der Waals surface area contributed by atoms with Gasteiger partial charge in [-0.15, -0.1) is 11.8 Å². The zero-order chi connectivity index (χ0) is 13.4. The van der Waals surface area contributed by atoms with Crippen molar-refractivity contribution >= 4 is 30.0 Å². The highest BCUT2D eigenvalue weighted by Crippen LogP contribution is 2.48. The fourth-order valence-electron chi connectivity index (χ4n) is 3.74. The molecule has 2 saturated carbocycles. The van der Waals surface area contributed by atoms with Crippen molar-refractivity contribution in [2.45, 2.75) is 36.8 Å². The molecule has 1 aromatic rings. The summed E-state index contributed by atoms with van der Waals surface area (Å²) in [6, 6.07) is 0.615. The number of thioether (sulfide) groups is 1. The summed E-state index contributed by atoms with van der Waals surface area (Å²) < 4.78 is 0. The Morgan fingerprint density at radius 3 is 2.79 bits per heavy atom. The second-order valence-corrected chi connectivity index (χ2v) is 6.36. The largest absolute Gasteiger partial charge is 0.354 e. The fraction of sp³-hybridized carbons (Fsp3) is 0.643. The summed E-state index contributed by atoms with van der Waals surface area (Å²) in [5, 5.41) is 0.912. The van der Waals surface area contributed by atoms with Crippen LogP contribution in [0.25, 0.3) is 0 Å². The Kier molecular flexibility index (Phi) is 3.48. The van der Waals surface area contributed by atoms with E-state index in [0.717, 1.165) is 28.4 Å². The van der Waals surface area contributed by atoms with Gasteiger partial charge in [-0.1, -0.05) is 6.42 Å². The smallest absolute Gasteiger partial charge is 0.159 e. The van der Waals surface area contributed by atoms with Gasteiger partial charge in [0.2, 0.25) is 0 Å². The van der Waals surface area contributed by atoms with Crippen LogP contribution in [0, 0.1) is 11.8 Å². The average molecular weight is 276 g/mol. The lowest BCUT2D eigenvalue weighted by atomic mass is 9.94. The van der Waals surface area contributed by atoms with Crippen molar-refractivity contribution in [1.82, 2.24) is 9.97 Å². The van der Waals surface area contributed by atoms with Gasteiger partial charge < -0.3 is 4.90 Å². The summed E-state index contributed by atoms with van der Waals surface area (Å²) in [7, 11) is 2.15. The van der Waals surface area contributed by atoms with Crippen LogP contribution in [0.5, 0.6) is 0 Å². The number of anilines is 1. The van der Waals surface area contributed by atoms with E-state index in [4.69, 9.17) is 0 Å². The zero-order valence-electron chi connectivity index (χ0n) is 11.5. The van der Waals surface area contributed by atoms with Gasteiger partial charge in [-0.25, -0.2) is 9.97 Å². The molecule has 2 bridgehead atoms. The Labute approximate surface area is 118 Å². The highest BCUT2D eigenvalue weighted by molar-refractivity contribution is 7.98. The molecule has 19 heavy (non-hydrogen) atoms. The van der Waals surface area contributed by atoms with Crippen molar-refractivity contribution in [3.63, 3.8) is 0 Å². The highest BCUT2D eigenvalue weighted by atomic mass is 32.2. The standard InChI is InChI=1S/C14H20N4S/c1-15-12-13(16-8-17-14(12)19-3)18(2)11-7-9-4-5-10(11)6-9/h8-11H,1,4-7H2,2-3H3. The van der Waals surface area contributed by atoms with E-state index in [-0.39, 0.29) is 0 Å². The molecule has 3 atom stereocenters. The molecule has 0 amide bonds. The minimum Gasteiger partial charge on any atom is -0.354 e. The molecule has 5 heteroatoms. The van der Waals surface area contributed by atoms with Gasteiger partial charge >= 0.3 is 0 Å². The Morgan fingerprint density at radius 2 is 2.21 bits per heavy atom. The van der Waals surface area contributed by atoms with E-state index in [1.54, 1.807) is 18.1 Å². The molecular formula is C14H20N4S. The first-order valence-electron chi connectivity index (χ1n) is 6.83. The summed E-state index contributed by atoms with van der Waals surface area (Å²) in [5.41, 5.74) is 0.834. The molecule has 0 N–H and O–H groups in total. The molecule has 0 aliphatic heterocycles. The third kappa shape index (κ3) is 2.14. The molecule has 2 aliphatic rings. The van der Waals surface area contributed by atoms with Crippen molar-refractivity contribution in [3.8, 4) is 0 Å². The van der Waals surface area contributed by atoms with E-state index in [9.17, 15) is 0 Å². The lowest BCUT2D eigenvalue weighted by Crippen LogP contribution is -2.36. The van der Waals surface area contributed by atoms with Crippen LogP contribution in [0.4, 0.5) is 11.5 Å². The molecule has 2 fully saturated rings. The second-order valence-electron chi connectivity index (χ2n) is 5.57. The predicted octanol–water partition coefficient (Wildman–Crippen LogP) is 3.16. The maximum atomic E-state index is 4.45. The quantitative estimate of drug-likeness (QED) is 0.481. The Morgan fingerprint density at radius 1 is 1.37 bits per heavy atom. The predicted molar refractivity (Wildman–Crippen MR) is 80.7 cm³/mol. The van der Waals surface area contributed by atoms with E-state index in [0.29, 0.717) is 6.04 Å². The van der Waals surface area contributed by atoms with Crippen LogP contribution in [-0.4, -0.2) is 36.0 Å². The van der Waals surface area contributed by atoms with Crippen LogP contribution >= 0.6 is 11.8 Å². The van der Waals surface area contributed by atoms with Gasteiger partial charge in [-0.2, -0.15) is 0 Å². The molecule has 3 rings (SSSR count). The number of hydrogen-bond donors (Lipinski definition) is 0. The molecule has 0 aromatic carbocycles. The molecule has 1 heterocycles. The van der Waals surface area contributed by atoms with E-state index in [1.165, 1.54) is 25.7 Å². The van der Waals surface area contributed by atoms with Crippen LogP contribution in [-0.2, 0) is 0 Å². The zero-order valence-corrected chi connectivity index (χ0v) is 12.4. The Bertz CT molecular complexity index is 490. The lowest BCUT2D eigenvalue weighted by Gasteiger charge is -2.33. The highest BCUT2D eigenvalue weighted by Gasteiger charge is 2.42. The lowest BCUT2D eigenvalue weighted by molar-refractivity contribution is 0.403. The first-order chi connectivity index (χ1) is 9.24. The third-order valence-electron chi connectivity index (χ3n) is 4.65. The molecule has 0 spiro atoms. The summed E-state index contributed by atoms with van der Waals surface area (Å²) in [5.74, 6) is 2.70. The van der Waals surface area contributed by atoms with Crippen molar-refractivity contribution in [1.29, 1.82) is 0 Å². The molecule has 0 radical (unpaired) electrons. The minimum atomic E-state index is 0.615.